The Kier molecular flexibility index (Phi) is 4.25. The van der Waals surface area contributed by atoms with Crippen LogP contribution in [0, 0.1) is 0 Å². The highest BCUT2D eigenvalue weighted by Crippen LogP contribution is 2.29. The molecule has 0 saturated carbocycles. The molecule has 0 atom stereocenters. The predicted octanol–water partition coefficient (Wildman–Crippen LogP) is 4.42. The van der Waals surface area contributed by atoms with Crippen molar-refractivity contribution in [1.29, 1.82) is 0 Å². The Morgan fingerprint density at radius 3 is 2.56 bits per heavy atom. The predicted molar refractivity (Wildman–Crippen MR) is 102 cm³/mol. The quantitative estimate of drug-likeness (QED) is 0.567. The smallest absolute Gasteiger partial charge is 0.356 e. The van der Waals surface area contributed by atoms with E-state index in [1.54, 1.807) is 19.2 Å². The summed E-state index contributed by atoms with van der Waals surface area (Å²) >= 11 is 5.98. The van der Waals surface area contributed by atoms with Gasteiger partial charge in [0.15, 0.2) is 11.3 Å². The standard InChI is InChI=1S/C20H14ClN3O3/c1-27-15-4-2-3-13(9-15)18-10-16(12-5-7-14(21)8-6-12)22-19-11-17(20(25)26)23-24(18)19/h2-11H,1H3,(H,25,26). The van der Waals surface area contributed by atoms with Crippen molar-refractivity contribution in [2.75, 3.05) is 7.11 Å². The summed E-state index contributed by atoms with van der Waals surface area (Å²) in [5.41, 5.74) is 3.46. The maximum Gasteiger partial charge on any atom is 0.356 e. The average molecular weight is 380 g/mol. The summed E-state index contributed by atoms with van der Waals surface area (Å²) in [4.78, 5) is 15.9. The van der Waals surface area contributed by atoms with Crippen LogP contribution in [0.15, 0.2) is 60.7 Å². The van der Waals surface area contributed by atoms with Crippen LogP contribution in [-0.2, 0) is 0 Å². The van der Waals surface area contributed by atoms with Crippen molar-refractivity contribution in [2.45, 2.75) is 0 Å². The first-order valence-corrected chi connectivity index (χ1v) is 8.47. The van der Waals surface area contributed by atoms with E-state index in [1.807, 2.05) is 42.5 Å². The molecule has 0 fully saturated rings. The van der Waals surface area contributed by atoms with Gasteiger partial charge in [0.2, 0.25) is 0 Å². The number of aromatic nitrogens is 3. The number of carboxylic acid groups (broad SMARTS) is 1. The SMILES string of the molecule is COc1cccc(-c2cc(-c3ccc(Cl)cc3)nc3cc(C(=O)O)nn23)c1. The van der Waals surface area contributed by atoms with E-state index in [-0.39, 0.29) is 5.69 Å². The summed E-state index contributed by atoms with van der Waals surface area (Å²) in [5, 5.41) is 14.1. The molecule has 7 heteroatoms. The van der Waals surface area contributed by atoms with E-state index in [0.717, 1.165) is 11.1 Å². The zero-order valence-electron chi connectivity index (χ0n) is 14.3. The Labute approximate surface area is 159 Å². The van der Waals surface area contributed by atoms with Gasteiger partial charge < -0.3 is 9.84 Å². The van der Waals surface area contributed by atoms with Crippen molar-refractivity contribution in [2.24, 2.45) is 0 Å². The van der Waals surface area contributed by atoms with E-state index >= 15 is 0 Å². The monoisotopic (exact) mass is 379 g/mol. The number of hydrogen-bond acceptors (Lipinski definition) is 4. The van der Waals surface area contributed by atoms with Crippen molar-refractivity contribution in [1.82, 2.24) is 14.6 Å². The van der Waals surface area contributed by atoms with Crippen LogP contribution in [0.4, 0.5) is 0 Å². The number of carboxylic acids is 1. The number of methoxy groups -OCH3 is 1. The Morgan fingerprint density at radius 1 is 1.07 bits per heavy atom. The van der Waals surface area contributed by atoms with Gasteiger partial charge in [0.25, 0.3) is 0 Å². The molecular formula is C20H14ClN3O3. The Balaban J connectivity index is 1.98. The highest BCUT2D eigenvalue weighted by molar-refractivity contribution is 6.30. The molecular weight excluding hydrogens is 366 g/mol. The molecule has 0 saturated heterocycles. The Bertz CT molecular complexity index is 1150. The lowest BCUT2D eigenvalue weighted by Crippen LogP contribution is -2.01. The van der Waals surface area contributed by atoms with Crippen LogP contribution in [0.3, 0.4) is 0 Å². The number of nitrogens with zero attached hydrogens (tertiary/aromatic N) is 3. The van der Waals surface area contributed by atoms with Crippen LogP contribution >= 0.6 is 11.6 Å². The molecule has 0 radical (unpaired) electrons. The third kappa shape index (κ3) is 3.22. The molecule has 0 aliphatic carbocycles. The third-order valence-corrected chi connectivity index (χ3v) is 4.40. The minimum Gasteiger partial charge on any atom is -0.497 e. The highest BCUT2D eigenvalue weighted by Gasteiger charge is 2.16. The minimum absolute atomic E-state index is 0.0695. The topological polar surface area (TPSA) is 76.7 Å². The summed E-state index contributed by atoms with van der Waals surface area (Å²) in [7, 11) is 1.59. The zero-order valence-corrected chi connectivity index (χ0v) is 15.0. The second kappa shape index (κ2) is 6.74. The van der Waals surface area contributed by atoms with E-state index in [2.05, 4.69) is 10.1 Å². The maximum atomic E-state index is 11.4. The molecule has 0 amide bonds. The van der Waals surface area contributed by atoms with Crippen LogP contribution in [0.25, 0.3) is 28.2 Å². The zero-order chi connectivity index (χ0) is 19.0. The summed E-state index contributed by atoms with van der Waals surface area (Å²) in [6.07, 6.45) is 0. The number of hydrogen-bond donors (Lipinski definition) is 1. The van der Waals surface area contributed by atoms with Crippen LogP contribution in [-0.4, -0.2) is 32.8 Å². The van der Waals surface area contributed by atoms with Gasteiger partial charge in [0, 0.05) is 22.2 Å². The van der Waals surface area contributed by atoms with Gasteiger partial charge in [0.1, 0.15) is 5.75 Å². The fourth-order valence-electron chi connectivity index (χ4n) is 2.84. The van der Waals surface area contributed by atoms with Crippen LogP contribution < -0.4 is 4.74 Å². The first-order valence-electron chi connectivity index (χ1n) is 8.09. The second-order valence-corrected chi connectivity index (χ2v) is 6.31. The van der Waals surface area contributed by atoms with E-state index in [9.17, 15) is 9.90 Å². The Morgan fingerprint density at radius 2 is 1.85 bits per heavy atom. The number of rotatable bonds is 4. The summed E-state index contributed by atoms with van der Waals surface area (Å²) < 4.78 is 6.83. The van der Waals surface area contributed by atoms with Crippen molar-refractivity contribution < 1.29 is 14.6 Å². The van der Waals surface area contributed by atoms with Crippen molar-refractivity contribution in [3.05, 3.63) is 71.4 Å². The van der Waals surface area contributed by atoms with Gasteiger partial charge in [-0.2, -0.15) is 5.10 Å². The van der Waals surface area contributed by atoms with Gasteiger partial charge in [-0.25, -0.2) is 14.3 Å². The normalized spacial score (nSPS) is 10.9. The molecule has 0 bridgehead atoms. The average Bonchev–Trinajstić information content (AvgIpc) is 3.12. The molecule has 0 aliphatic heterocycles. The van der Waals surface area contributed by atoms with Gasteiger partial charge in [-0.3, -0.25) is 0 Å². The highest BCUT2D eigenvalue weighted by atomic mass is 35.5. The molecule has 2 heterocycles. The number of carbonyl (C=O) groups is 1. The largest absolute Gasteiger partial charge is 0.497 e. The van der Waals surface area contributed by atoms with E-state index in [0.29, 0.717) is 27.8 Å². The molecule has 4 aromatic rings. The Hall–Kier alpha value is -3.38. The number of aromatic carboxylic acids is 1. The molecule has 2 aromatic carbocycles. The number of halogens is 1. The van der Waals surface area contributed by atoms with Gasteiger partial charge in [-0.15, -0.1) is 0 Å². The van der Waals surface area contributed by atoms with Crippen LogP contribution in [0.5, 0.6) is 5.75 Å². The van der Waals surface area contributed by atoms with E-state index in [1.165, 1.54) is 10.6 Å². The van der Waals surface area contributed by atoms with Crippen molar-refractivity contribution in [3.8, 4) is 28.3 Å². The van der Waals surface area contributed by atoms with E-state index in [4.69, 9.17) is 16.3 Å². The fourth-order valence-corrected chi connectivity index (χ4v) is 2.96. The molecule has 6 nitrogen and oxygen atoms in total. The first kappa shape index (κ1) is 17.1. The molecule has 134 valence electrons. The van der Waals surface area contributed by atoms with Gasteiger partial charge in [0.05, 0.1) is 18.5 Å². The molecule has 0 unspecified atom stereocenters. The first-order chi connectivity index (χ1) is 13.0. The van der Waals surface area contributed by atoms with Crippen molar-refractivity contribution in [3.63, 3.8) is 0 Å². The third-order valence-electron chi connectivity index (χ3n) is 4.15. The summed E-state index contributed by atoms with van der Waals surface area (Å²) in [6, 6.07) is 18.1. The van der Waals surface area contributed by atoms with Gasteiger partial charge in [-0.05, 0) is 30.3 Å². The lowest BCUT2D eigenvalue weighted by Gasteiger charge is -2.10. The summed E-state index contributed by atoms with van der Waals surface area (Å²) in [6.45, 7) is 0. The number of benzene rings is 2. The molecule has 1 N–H and O–H groups in total. The number of fused-ring (bicyclic) bond motifs is 1. The van der Waals surface area contributed by atoms with Gasteiger partial charge >= 0.3 is 5.97 Å². The molecule has 27 heavy (non-hydrogen) atoms. The summed E-state index contributed by atoms with van der Waals surface area (Å²) in [5.74, 6) is -0.416. The van der Waals surface area contributed by atoms with Crippen molar-refractivity contribution >= 4 is 23.2 Å². The van der Waals surface area contributed by atoms with Gasteiger partial charge in [-0.1, -0.05) is 35.9 Å². The lowest BCUT2D eigenvalue weighted by molar-refractivity contribution is 0.0690. The molecule has 0 aliphatic rings. The molecule has 4 rings (SSSR count). The van der Waals surface area contributed by atoms with Crippen LogP contribution in [0.2, 0.25) is 5.02 Å². The second-order valence-electron chi connectivity index (χ2n) is 5.87. The molecule has 0 spiro atoms. The maximum absolute atomic E-state index is 11.4. The van der Waals surface area contributed by atoms with Crippen LogP contribution in [0.1, 0.15) is 10.5 Å². The minimum atomic E-state index is -1.11. The number of ether oxygens (including phenoxy) is 1. The lowest BCUT2D eigenvalue weighted by atomic mass is 10.1. The van der Waals surface area contributed by atoms with E-state index < -0.39 is 5.97 Å². The fraction of sp³-hybridized carbons (Fsp3) is 0.0500. The molecule has 2 aromatic heterocycles.